The van der Waals surface area contributed by atoms with Crippen molar-refractivity contribution in [2.75, 3.05) is 0 Å². The summed E-state index contributed by atoms with van der Waals surface area (Å²) >= 11 is 0. The highest BCUT2D eigenvalue weighted by molar-refractivity contribution is 5.77. The Kier molecular flexibility index (Phi) is 5.84. The molecule has 0 bridgehead atoms. The van der Waals surface area contributed by atoms with Gasteiger partial charge in [0.25, 0.3) is 0 Å². The second kappa shape index (κ2) is 6.98. The van der Waals surface area contributed by atoms with Crippen molar-refractivity contribution >= 4 is 5.91 Å². The van der Waals surface area contributed by atoms with Crippen molar-refractivity contribution in [1.29, 1.82) is 0 Å². The summed E-state index contributed by atoms with van der Waals surface area (Å²) in [5.41, 5.74) is 6.25. The Balaban J connectivity index is 2.58. The number of rotatable bonds is 5. The molecule has 3 nitrogen and oxygen atoms in total. The first-order valence-corrected chi connectivity index (χ1v) is 7.08. The van der Waals surface area contributed by atoms with Crippen LogP contribution >= 0.6 is 0 Å². The van der Waals surface area contributed by atoms with E-state index in [-0.39, 0.29) is 29.3 Å². The van der Waals surface area contributed by atoms with Gasteiger partial charge in [0, 0.05) is 24.1 Å². The summed E-state index contributed by atoms with van der Waals surface area (Å²) in [6, 6.07) is 2.55. The van der Waals surface area contributed by atoms with Gasteiger partial charge in [-0.15, -0.1) is 0 Å². The quantitative estimate of drug-likeness (QED) is 0.876. The number of benzene rings is 1. The molecule has 21 heavy (non-hydrogen) atoms. The topological polar surface area (TPSA) is 55.1 Å². The van der Waals surface area contributed by atoms with Gasteiger partial charge in [-0.2, -0.15) is 0 Å². The summed E-state index contributed by atoms with van der Waals surface area (Å²) in [6.07, 6.45) is 0.907. The molecule has 0 aliphatic rings. The van der Waals surface area contributed by atoms with Gasteiger partial charge in [0.05, 0.1) is 6.04 Å². The summed E-state index contributed by atoms with van der Waals surface area (Å²) in [4.78, 5) is 11.9. The number of amides is 1. The predicted octanol–water partition coefficient (Wildman–Crippen LogP) is 3.30. The second-order valence-corrected chi connectivity index (χ2v) is 6.68. The largest absolute Gasteiger partial charge is 0.349 e. The summed E-state index contributed by atoms with van der Waals surface area (Å²) in [5, 5.41) is 2.69. The van der Waals surface area contributed by atoms with Crippen LogP contribution in [0, 0.1) is 17.0 Å². The van der Waals surface area contributed by atoms with E-state index in [0.717, 1.165) is 12.5 Å². The minimum Gasteiger partial charge on any atom is -0.349 e. The second-order valence-electron chi connectivity index (χ2n) is 6.68. The van der Waals surface area contributed by atoms with Crippen molar-refractivity contribution in [3.8, 4) is 0 Å². The third-order valence-corrected chi connectivity index (χ3v) is 3.13. The van der Waals surface area contributed by atoms with Crippen molar-refractivity contribution in [3.63, 3.8) is 0 Å². The summed E-state index contributed by atoms with van der Waals surface area (Å²) in [7, 11) is 0. The summed E-state index contributed by atoms with van der Waals surface area (Å²) < 4.78 is 26.5. The summed E-state index contributed by atoms with van der Waals surface area (Å²) in [5.74, 6) is -1.54. The average molecular weight is 298 g/mol. The van der Waals surface area contributed by atoms with Crippen LogP contribution in [0.4, 0.5) is 8.78 Å². The molecule has 0 fully saturated rings. The lowest BCUT2D eigenvalue weighted by Crippen LogP contribution is -2.35. The van der Waals surface area contributed by atoms with E-state index in [4.69, 9.17) is 5.73 Å². The maximum atomic E-state index is 13.6. The molecule has 5 heteroatoms. The Hall–Kier alpha value is -1.49. The Morgan fingerprint density at radius 3 is 2.48 bits per heavy atom. The van der Waals surface area contributed by atoms with Crippen LogP contribution in [0.5, 0.6) is 0 Å². The third-order valence-electron chi connectivity index (χ3n) is 3.13. The fourth-order valence-corrected chi connectivity index (χ4v) is 2.33. The highest BCUT2D eigenvalue weighted by Crippen LogP contribution is 2.22. The van der Waals surface area contributed by atoms with E-state index in [1.165, 1.54) is 12.1 Å². The van der Waals surface area contributed by atoms with E-state index in [9.17, 15) is 13.6 Å². The Morgan fingerprint density at radius 2 is 1.95 bits per heavy atom. The van der Waals surface area contributed by atoms with Crippen LogP contribution in [-0.4, -0.2) is 11.9 Å². The Morgan fingerprint density at radius 1 is 1.33 bits per heavy atom. The number of hydrogen-bond acceptors (Lipinski definition) is 2. The maximum Gasteiger partial charge on any atom is 0.222 e. The standard InChI is InChI=1S/C16H24F2N2O/c1-10(13-6-5-11(17)7-14(13)18)20-15(21)8-12(19)9-16(2,3)4/h5-7,10,12H,8-9,19H2,1-4H3,(H,20,21). The van der Waals surface area contributed by atoms with Crippen LogP contribution in [0.3, 0.4) is 0 Å². The van der Waals surface area contributed by atoms with Crippen molar-refractivity contribution in [3.05, 3.63) is 35.4 Å². The van der Waals surface area contributed by atoms with Crippen LogP contribution in [-0.2, 0) is 4.79 Å². The van der Waals surface area contributed by atoms with Gasteiger partial charge in [0.1, 0.15) is 11.6 Å². The van der Waals surface area contributed by atoms with E-state index in [1.54, 1.807) is 6.92 Å². The van der Waals surface area contributed by atoms with Crippen molar-refractivity contribution < 1.29 is 13.6 Å². The van der Waals surface area contributed by atoms with Gasteiger partial charge in [0.15, 0.2) is 0 Å². The predicted molar refractivity (Wildman–Crippen MR) is 79.6 cm³/mol. The minimum atomic E-state index is -0.665. The van der Waals surface area contributed by atoms with E-state index >= 15 is 0 Å². The lowest BCUT2D eigenvalue weighted by molar-refractivity contribution is -0.122. The first kappa shape index (κ1) is 17.6. The molecule has 118 valence electrons. The molecule has 2 atom stereocenters. The van der Waals surface area contributed by atoms with Gasteiger partial charge < -0.3 is 11.1 Å². The SMILES string of the molecule is CC(NC(=O)CC(N)CC(C)(C)C)c1ccc(F)cc1F. The molecule has 0 saturated carbocycles. The van der Waals surface area contributed by atoms with Crippen LogP contribution in [0.15, 0.2) is 18.2 Å². The van der Waals surface area contributed by atoms with E-state index < -0.39 is 17.7 Å². The molecule has 0 spiro atoms. The molecule has 0 saturated heterocycles. The molecular weight excluding hydrogens is 274 g/mol. The highest BCUT2D eigenvalue weighted by atomic mass is 19.1. The molecule has 0 radical (unpaired) electrons. The highest BCUT2D eigenvalue weighted by Gasteiger charge is 2.20. The monoisotopic (exact) mass is 298 g/mol. The van der Waals surface area contributed by atoms with Gasteiger partial charge in [-0.05, 0) is 24.8 Å². The number of halogens is 2. The van der Waals surface area contributed by atoms with Crippen LogP contribution in [0.1, 0.15) is 52.1 Å². The number of carbonyl (C=O) groups is 1. The van der Waals surface area contributed by atoms with Gasteiger partial charge in [0.2, 0.25) is 5.91 Å². The lowest BCUT2D eigenvalue weighted by Gasteiger charge is -2.23. The first-order chi connectivity index (χ1) is 9.58. The molecular formula is C16H24F2N2O. The number of nitrogens with one attached hydrogen (secondary N) is 1. The molecule has 0 aromatic heterocycles. The zero-order valence-corrected chi connectivity index (χ0v) is 13.0. The maximum absolute atomic E-state index is 13.6. The lowest BCUT2D eigenvalue weighted by atomic mass is 9.87. The third kappa shape index (κ3) is 6.21. The van der Waals surface area contributed by atoms with Crippen LogP contribution in [0.2, 0.25) is 0 Å². The number of hydrogen-bond donors (Lipinski definition) is 2. The zero-order valence-electron chi connectivity index (χ0n) is 13.0. The molecule has 3 N–H and O–H groups in total. The Labute approximate surface area is 124 Å². The fraction of sp³-hybridized carbons (Fsp3) is 0.562. The molecule has 0 heterocycles. The van der Waals surface area contributed by atoms with Crippen LogP contribution < -0.4 is 11.1 Å². The first-order valence-electron chi connectivity index (χ1n) is 7.08. The molecule has 0 aliphatic carbocycles. The molecule has 0 aliphatic heterocycles. The van der Waals surface area contributed by atoms with E-state index in [1.807, 2.05) is 0 Å². The molecule has 1 rings (SSSR count). The van der Waals surface area contributed by atoms with Gasteiger partial charge in [-0.25, -0.2) is 8.78 Å². The summed E-state index contributed by atoms with van der Waals surface area (Å²) in [6.45, 7) is 7.83. The molecule has 1 amide bonds. The minimum absolute atomic E-state index is 0.0500. The van der Waals surface area contributed by atoms with E-state index in [2.05, 4.69) is 26.1 Å². The van der Waals surface area contributed by atoms with Crippen molar-refractivity contribution in [2.45, 2.75) is 52.6 Å². The van der Waals surface area contributed by atoms with Gasteiger partial charge in [-0.1, -0.05) is 26.8 Å². The van der Waals surface area contributed by atoms with E-state index in [0.29, 0.717) is 0 Å². The smallest absolute Gasteiger partial charge is 0.222 e. The van der Waals surface area contributed by atoms with Gasteiger partial charge >= 0.3 is 0 Å². The van der Waals surface area contributed by atoms with Crippen molar-refractivity contribution in [2.24, 2.45) is 11.1 Å². The fourth-order valence-electron chi connectivity index (χ4n) is 2.33. The van der Waals surface area contributed by atoms with Crippen molar-refractivity contribution in [1.82, 2.24) is 5.32 Å². The molecule has 1 aromatic carbocycles. The number of nitrogens with two attached hydrogens (primary N) is 1. The normalized spacial score (nSPS) is 14.6. The molecule has 2 unspecified atom stereocenters. The number of carbonyl (C=O) groups excluding carboxylic acids is 1. The van der Waals surface area contributed by atoms with Crippen LogP contribution in [0.25, 0.3) is 0 Å². The average Bonchev–Trinajstić information content (AvgIpc) is 2.24. The van der Waals surface area contributed by atoms with Gasteiger partial charge in [-0.3, -0.25) is 4.79 Å². The molecule has 1 aromatic rings. The Bertz CT molecular complexity index is 498. The zero-order chi connectivity index (χ0) is 16.2.